The maximum atomic E-state index is 5.58. The van der Waals surface area contributed by atoms with E-state index in [1.807, 2.05) is 45.0 Å². The molecule has 1 rings (SSSR count). The lowest BCUT2D eigenvalue weighted by molar-refractivity contribution is 0.00165. The molecule has 0 aliphatic heterocycles. The first-order chi connectivity index (χ1) is 6.97. The Morgan fingerprint density at radius 1 is 1.27 bits per heavy atom. The Kier molecular flexibility index (Phi) is 3.72. The first kappa shape index (κ1) is 11.6. The smallest absolute Gasteiger partial charge is 0.129 e. The third kappa shape index (κ3) is 5.05. The van der Waals surface area contributed by atoms with Crippen molar-refractivity contribution in [3.63, 3.8) is 0 Å². The maximum absolute atomic E-state index is 5.58. The zero-order valence-corrected chi connectivity index (χ0v) is 9.53. The molecular formula is C12H18N2O. The number of nitrogen functional groups attached to an aromatic ring is 1. The Morgan fingerprint density at radius 3 is 2.40 bits per heavy atom. The van der Waals surface area contributed by atoms with Crippen LogP contribution in [0.3, 0.4) is 0 Å². The summed E-state index contributed by atoms with van der Waals surface area (Å²) in [7, 11) is 0. The van der Waals surface area contributed by atoms with E-state index in [9.17, 15) is 0 Å². The van der Waals surface area contributed by atoms with Crippen molar-refractivity contribution in [3.8, 4) is 0 Å². The molecule has 1 aromatic rings. The number of rotatable bonds is 3. The summed E-state index contributed by atoms with van der Waals surface area (Å²) in [4.78, 5) is 5.22. The molecule has 0 aliphatic rings. The van der Waals surface area contributed by atoms with Gasteiger partial charge in [-0.2, -0.15) is 0 Å². The van der Waals surface area contributed by atoms with E-state index in [0.717, 1.165) is 12.1 Å². The van der Waals surface area contributed by atoms with Crippen LogP contribution in [-0.4, -0.2) is 11.8 Å². The van der Waals surface area contributed by atoms with E-state index in [0.29, 0.717) is 0 Å². The molecule has 0 bridgehead atoms. The summed E-state index contributed by atoms with van der Waals surface area (Å²) in [6.07, 6.45) is 2.52. The van der Waals surface area contributed by atoms with E-state index in [2.05, 4.69) is 5.16 Å². The molecule has 0 saturated carbocycles. The molecule has 0 unspecified atom stereocenters. The number of hydrogen-bond donors (Lipinski definition) is 1. The Bertz CT molecular complexity index is 322. The summed E-state index contributed by atoms with van der Waals surface area (Å²) in [5.74, 6) is 0. The number of oxime groups is 1. The second-order valence-corrected chi connectivity index (χ2v) is 4.44. The molecule has 3 heteroatoms. The molecule has 0 aromatic heterocycles. The van der Waals surface area contributed by atoms with E-state index < -0.39 is 0 Å². The van der Waals surface area contributed by atoms with Crippen LogP contribution in [0.15, 0.2) is 29.4 Å². The quantitative estimate of drug-likeness (QED) is 0.469. The van der Waals surface area contributed by atoms with Crippen molar-refractivity contribution in [1.29, 1.82) is 0 Å². The van der Waals surface area contributed by atoms with Crippen LogP contribution in [0.4, 0.5) is 5.69 Å². The van der Waals surface area contributed by atoms with Gasteiger partial charge in [0, 0.05) is 18.3 Å². The summed E-state index contributed by atoms with van der Waals surface area (Å²) >= 11 is 0. The normalized spacial score (nSPS) is 11.9. The zero-order chi connectivity index (χ0) is 11.3. The van der Waals surface area contributed by atoms with E-state index in [1.165, 1.54) is 5.56 Å². The van der Waals surface area contributed by atoms with Gasteiger partial charge in [-0.1, -0.05) is 17.3 Å². The van der Waals surface area contributed by atoms with Crippen molar-refractivity contribution in [1.82, 2.24) is 0 Å². The summed E-state index contributed by atoms with van der Waals surface area (Å²) < 4.78 is 0. The number of benzene rings is 1. The van der Waals surface area contributed by atoms with Crippen LogP contribution in [0, 0.1) is 0 Å². The van der Waals surface area contributed by atoms with Gasteiger partial charge in [-0.25, -0.2) is 0 Å². The minimum atomic E-state index is -0.225. The lowest BCUT2D eigenvalue weighted by Gasteiger charge is -2.14. The molecule has 2 N–H and O–H groups in total. The Labute approximate surface area is 90.9 Å². The van der Waals surface area contributed by atoms with Crippen LogP contribution in [0.1, 0.15) is 26.3 Å². The molecule has 0 saturated heterocycles. The number of hydrogen-bond acceptors (Lipinski definition) is 3. The molecule has 0 heterocycles. The molecular weight excluding hydrogens is 188 g/mol. The van der Waals surface area contributed by atoms with Gasteiger partial charge in [0.25, 0.3) is 0 Å². The third-order valence-electron chi connectivity index (χ3n) is 1.71. The van der Waals surface area contributed by atoms with Crippen LogP contribution in [0.5, 0.6) is 0 Å². The van der Waals surface area contributed by atoms with Crippen molar-refractivity contribution in [2.45, 2.75) is 32.8 Å². The average molecular weight is 206 g/mol. The molecule has 3 nitrogen and oxygen atoms in total. The van der Waals surface area contributed by atoms with Gasteiger partial charge in [0.1, 0.15) is 5.60 Å². The van der Waals surface area contributed by atoms with Gasteiger partial charge in [0.05, 0.1) is 0 Å². The van der Waals surface area contributed by atoms with E-state index in [1.54, 1.807) is 6.21 Å². The van der Waals surface area contributed by atoms with E-state index in [-0.39, 0.29) is 5.60 Å². The highest BCUT2D eigenvalue weighted by Gasteiger charge is 2.08. The van der Waals surface area contributed by atoms with Crippen molar-refractivity contribution >= 4 is 11.9 Å². The van der Waals surface area contributed by atoms with Crippen LogP contribution >= 0.6 is 0 Å². The first-order valence-corrected chi connectivity index (χ1v) is 5.02. The fourth-order valence-electron chi connectivity index (χ4n) is 0.992. The van der Waals surface area contributed by atoms with Gasteiger partial charge in [0.15, 0.2) is 0 Å². The summed E-state index contributed by atoms with van der Waals surface area (Å²) in [6, 6.07) is 7.73. The maximum Gasteiger partial charge on any atom is 0.129 e. The standard InChI is InChI=1S/C12H18N2O/c1-12(2,3)15-14-9-8-10-4-6-11(13)7-5-10/h4-7,9H,8,13H2,1-3H3/b14-9+. The third-order valence-corrected chi connectivity index (χ3v) is 1.71. The van der Waals surface area contributed by atoms with E-state index in [4.69, 9.17) is 10.6 Å². The summed E-state index contributed by atoms with van der Waals surface area (Å²) in [5, 5.41) is 3.90. The molecule has 0 aliphatic carbocycles. The fraction of sp³-hybridized carbons (Fsp3) is 0.417. The molecule has 1 aromatic carbocycles. The zero-order valence-electron chi connectivity index (χ0n) is 9.53. The number of nitrogens with zero attached hydrogens (tertiary/aromatic N) is 1. The SMILES string of the molecule is CC(C)(C)O/N=C/Cc1ccc(N)cc1. The van der Waals surface area contributed by atoms with Crippen molar-refractivity contribution in [2.75, 3.05) is 5.73 Å². The molecule has 0 radical (unpaired) electrons. The van der Waals surface area contributed by atoms with Crippen LogP contribution in [0.2, 0.25) is 0 Å². The van der Waals surface area contributed by atoms with Crippen LogP contribution in [0.25, 0.3) is 0 Å². The van der Waals surface area contributed by atoms with Crippen LogP contribution in [-0.2, 0) is 11.3 Å². The van der Waals surface area contributed by atoms with Gasteiger partial charge in [-0.15, -0.1) is 0 Å². The second kappa shape index (κ2) is 4.82. The van der Waals surface area contributed by atoms with Gasteiger partial charge in [-0.05, 0) is 38.5 Å². The average Bonchev–Trinajstić information content (AvgIpc) is 2.14. The second-order valence-electron chi connectivity index (χ2n) is 4.44. The van der Waals surface area contributed by atoms with Gasteiger partial charge in [0.2, 0.25) is 0 Å². The van der Waals surface area contributed by atoms with Crippen molar-refractivity contribution in [2.24, 2.45) is 5.16 Å². The summed E-state index contributed by atoms with van der Waals surface area (Å²) in [5.41, 5.74) is 7.31. The molecule has 82 valence electrons. The largest absolute Gasteiger partial charge is 0.399 e. The highest BCUT2D eigenvalue weighted by molar-refractivity contribution is 5.61. The van der Waals surface area contributed by atoms with E-state index >= 15 is 0 Å². The van der Waals surface area contributed by atoms with Crippen LogP contribution < -0.4 is 5.73 Å². The fourth-order valence-corrected chi connectivity index (χ4v) is 0.992. The predicted octanol–water partition coefficient (Wildman–Crippen LogP) is 2.61. The highest BCUT2D eigenvalue weighted by atomic mass is 16.6. The number of nitrogens with two attached hydrogens (primary N) is 1. The monoisotopic (exact) mass is 206 g/mol. The van der Waals surface area contributed by atoms with Crippen molar-refractivity contribution < 1.29 is 4.84 Å². The highest BCUT2D eigenvalue weighted by Crippen LogP contribution is 2.07. The molecule has 15 heavy (non-hydrogen) atoms. The Hall–Kier alpha value is -1.51. The van der Waals surface area contributed by atoms with Crippen molar-refractivity contribution in [3.05, 3.63) is 29.8 Å². The number of anilines is 1. The topological polar surface area (TPSA) is 47.6 Å². The lowest BCUT2D eigenvalue weighted by Crippen LogP contribution is -2.15. The van der Waals surface area contributed by atoms with Gasteiger partial charge in [-0.3, -0.25) is 0 Å². The van der Waals surface area contributed by atoms with Gasteiger partial charge < -0.3 is 10.6 Å². The first-order valence-electron chi connectivity index (χ1n) is 5.02. The Balaban J connectivity index is 2.40. The molecule has 0 amide bonds. The molecule has 0 atom stereocenters. The predicted molar refractivity (Wildman–Crippen MR) is 63.9 cm³/mol. The molecule has 0 fully saturated rings. The minimum Gasteiger partial charge on any atom is -0.399 e. The van der Waals surface area contributed by atoms with Gasteiger partial charge >= 0.3 is 0 Å². The minimum absolute atomic E-state index is 0.225. The summed E-state index contributed by atoms with van der Waals surface area (Å²) in [6.45, 7) is 5.90. The lowest BCUT2D eigenvalue weighted by atomic mass is 10.1. The Morgan fingerprint density at radius 2 is 1.87 bits per heavy atom. The molecule has 0 spiro atoms.